The van der Waals surface area contributed by atoms with Crippen molar-refractivity contribution in [2.24, 2.45) is 5.73 Å². The third kappa shape index (κ3) is 2.84. The minimum Gasteiger partial charge on any atom is -0.478 e. The first kappa shape index (κ1) is 16.0. The number of non-ortho nitro benzene ring substituents is 1. The van der Waals surface area contributed by atoms with Gasteiger partial charge in [0, 0.05) is 17.8 Å². The van der Waals surface area contributed by atoms with E-state index in [4.69, 9.17) is 5.73 Å². The van der Waals surface area contributed by atoms with Crippen LogP contribution in [-0.2, 0) is 9.59 Å². The molecular weight excluding hydrogens is 306 g/mol. The number of benzene rings is 1. The third-order valence-electron chi connectivity index (χ3n) is 3.47. The van der Waals surface area contributed by atoms with Crippen LogP contribution in [0.5, 0.6) is 0 Å². The first-order chi connectivity index (χ1) is 10.7. The number of carboxylic acids is 2. The molecule has 1 atom stereocenters. The molecule has 1 unspecified atom stereocenters. The fourth-order valence-electron chi connectivity index (χ4n) is 2.53. The minimum atomic E-state index is -1.40. The van der Waals surface area contributed by atoms with Gasteiger partial charge in [-0.15, -0.1) is 0 Å². The number of allylic oxidation sites excluding steroid dienone is 1. The molecule has 1 heterocycles. The van der Waals surface area contributed by atoms with Crippen LogP contribution in [0.1, 0.15) is 18.4 Å². The predicted octanol–water partition coefficient (Wildman–Crippen LogP) is 0.895. The summed E-state index contributed by atoms with van der Waals surface area (Å²) in [6.07, 6.45) is 0. The highest BCUT2D eigenvalue weighted by molar-refractivity contribution is 5.98. The topological polar surface area (TPSA) is 156 Å². The second-order valence-electron chi connectivity index (χ2n) is 4.89. The van der Waals surface area contributed by atoms with Gasteiger partial charge in [-0.2, -0.15) is 0 Å². The van der Waals surface area contributed by atoms with Crippen molar-refractivity contribution in [2.45, 2.75) is 12.8 Å². The second-order valence-corrected chi connectivity index (χ2v) is 4.89. The van der Waals surface area contributed by atoms with Gasteiger partial charge in [-0.1, -0.05) is 12.1 Å². The quantitative estimate of drug-likeness (QED) is 0.471. The Morgan fingerprint density at radius 3 is 2.39 bits per heavy atom. The number of nitro groups is 1. The van der Waals surface area contributed by atoms with Gasteiger partial charge in [0.1, 0.15) is 5.82 Å². The van der Waals surface area contributed by atoms with E-state index in [0.717, 1.165) is 6.07 Å². The molecule has 0 fully saturated rings. The number of nitrogens with one attached hydrogen (secondary N) is 1. The number of nitrogens with zero attached hydrogens (tertiary/aromatic N) is 1. The highest BCUT2D eigenvalue weighted by Crippen LogP contribution is 2.38. The molecule has 1 aliphatic rings. The lowest BCUT2D eigenvalue weighted by Gasteiger charge is -2.28. The molecule has 0 amide bonds. The van der Waals surface area contributed by atoms with Gasteiger partial charge in [0.15, 0.2) is 0 Å². The summed E-state index contributed by atoms with van der Waals surface area (Å²) in [4.78, 5) is 33.3. The molecule has 0 bridgehead atoms. The summed E-state index contributed by atoms with van der Waals surface area (Å²) >= 11 is 0. The number of nitro benzene ring substituents is 1. The second kappa shape index (κ2) is 5.79. The first-order valence-corrected chi connectivity index (χ1v) is 6.42. The number of rotatable bonds is 4. The third-order valence-corrected chi connectivity index (χ3v) is 3.47. The SMILES string of the molecule is CC1=C(C(=O)O)C(c2cccc([N+](=O)[O-])c2)C(C(=O)O)=C(N)N1. The van der Waals surface area contributed by atoms with Crippen molar-refractivity contribution in [3.8, 4) is 0 Å². The molecule has 0 saturated heterocycles. The van der Waals surface area contributed by atoms with Crippen molar-refractivity contribution >= 4 is 17.6 Å². The number of aliphatic carboxylic acids is 2. The van der Waals surface area contributed by atoms with E-state index in [2.05, 4.69) is 5.32 Å². The molecule has 0 aromatic heterocycles. The summed E-state index contributed by atoms with van der Waals surface area (Å²) in [5.41, 5.74) is 5.16. The maximum Gasteiger partial charge on any atom is 0.336 e. The normalized spacial score (nSPS) is 17.7. The Bertz CT molecular complexity index is 744. The van der Waals surface area contributed by atoms with Gasteiger partial charge in [0.2, 0.25) is 0 Å². The smallest absolute Gasteiger partial charge is 0.336 e. The number of dihydropyridines is 1. The van der Waals surface area contributed by atoms with Gasteiger partial charge in [-0.3, -0.25) is 10.1 Å². The molecule has 1 aromatic rings. The summed E-state index contributed by atoms with van der Waals surface area (Å²) in [5, 5.41) is 32.2. The zero-order chi connectivity index (χ0) is 17.3. The molecule has 0 aliphatic carbocycles. The van der Waals surface area contributed by atoms with Crippen molar-refractivity contribution in [3.05, 3.63) is 62.6 Å². The molecule has 0 spiro atoms. The van der Waals surface area contributed by atoms with Gasteiger partial charge in [0.05, 0.1) is 22.0 Å². The van der Waals surface area contributed by atoms with Crippen LogP contribution < -0.4 is 11.1 Å². The van der Waals surface area contributed by atoms with Crippen molar-refractivity contribution in [2.75, 3.05) is 0 Å². The average Bonchev–Trinajstić information content (AvgIpc) is 2.45. The number of nitrogens with two attached hydrogens (primary N) is 1. The van der Waals surface area contributed by atoms with E-state index in [1.165, 1.54) is 25.1 Å². The van der Waals surface area contributed by atoms with E-state index in [-0.39, 0.29) is 33.9 Å². The van der Waals surface area contributed by atoms with E-state index in [1.807, 2.05) is 0 Å². The van der Waals surface area contributed by atoms with E-state index in [1.54, 1.807) is 0 Å². The Labute approximate surface area is 129 Å². The number of carbonyl (C=O) groups is 2. The van der Waals surface area contributed by atoms with Gasteiger partial charge in [0.25, 0.3) is 5.69 Å². The van der Waals surface area contributed by atoms with Crippen molar-refractivity contribution in [1.82, 2.24) is 5.32 Å². The summed E-state index contributed by atoms with van der Waals surface area (Å²) in [6, 6.07) is 5.16. The largest absolute Gasteiger partial charge is 0.478 e. The lowest BCUT2D eigenvalue weighted by molar-refractivity contribution is -0.384. The molecule has 5 N–H and O–H groups in total. The van der Waals surface area contributed by atoms with Crippen molar-refractivity contribution in [3.63, 3.8) is 0 Å². The summed E-state index contributed by atoms with van der Waals surface area (Å²) in [5.74, 6) is -4.15. The molecule has 0 saturated carbocycles. The highest BCUT2D eigenvalue weighted by Gasteiger charge is 2.37. The van der Waals surface area contributed by atoms with Gasteiger partial charge < -0.3 is 21.3 Å². The van der Waals surface area contributed by atoms with Gasteiger partial charge in [-0.25, -0.2) is 9.59 Å². The van der Waals surface area contributed by atoms with Crippen molar-refractivity contribution < 1.29 is 24.7 Å². The van der Waals surface area contributed by atoms with Crippen LogP contribution in [0.2, 0.25) is 0 Å². The fraction of sp³-hybridized carbons (Fsp3) is 0.143. The molecule has 9 heteroatoms. The molecule has 2 rings (SSSR count). The lowest BCUT2D eigenvalue weighted by atomic mass is 9.81. The molecule has 1 aliphatic heterocycles. The summed E-state index contributed by atoms with van der Waals surface area (Å²) in [7, 11) is 0. The zero-order valence-electron chi connectivity index (χ0n) is 11.9. The highest BCUT2D eigenvalue weighted by atomic mass is 16.6. The lowest BCUT2D eigenvalue weighted by Crippen LogP contribution is -2.35. The number of carboxylic acid groups (broad SMARTS) is 2. The van der Waals surface area contributed by atoms with Crippen LogP contribution in [0, 0.1) is 10.1 Å². The van der Waals surface area contributed by atoms with E-state index in [9.17, 15) is 29.9 Å². The molecule has 23 heavy (non-hydrogen) atoms. The minimum absolute atomic E-state index is 0.165. The Kier molecular flexibility index (Phi) is 4.04. The van der Waals surface area contributed by atoms with Gasteiger partial charge in [-0.05, 0) is 12.5 Å². The first-order valence-electron chi connectivity index (χ1n) is 6.42. The number of hydrogen-bond acceptors (Lipinski definition) is 6. The standard InChI is InChI=1S/C14H13N3O6/c1-6-9(13(18)19)10(11(14(20)21)12(15)16-6)7-3-2-4-8(5-7)17(22)23/h2-5,10,16H,15H2,1H3,(H,18,19)(H,20,21). The Balaban J connectivity index is 2.72. The monoisotopic (exact) mass is 319 g/mol. The maximum absolute atomic E-state index is 11.6. The molecule has 120 valence electrons. The summed E-state index contributed by atoms with van der Waals surface area (Å²) < 4.78 is 0. The Hall–Kier alpha value is -3.36. The average molecular weight is 319 g/mol. The van der Waals surface area contributed by atoms with Crippen molar-refractivity contribution in [1.29, 1.82) is 0 Å². The number of hydrogen-bond donors (Lipinski definition) is 4. The van der Waals surface area contributed by atoms with Crippen LogP contribution >= 0.6 is 0 Å². The fourth-order valence-corrected chi connectivity index (χ4v) is 2.53. The van der Waals surface area contributed by atoms with E-state index >= 15 is 0 Å². The summed E-state index contributed by atoms with van der Waals surface area (Å²) in [6.45, 7) is 1.44. The van der Waals surface area contributed by atoms with E-state index < -0.39 is 22.8 Å². The van der Waals surface area contributed by atoms with Crippen LogP contribution in [0.15, 0.2) is 46.9 Å². The van der Waals surface area contributed by atoms with Gasteiger partial charge >= 0.3 is 11.9 Å². The molecule has 0 radical (unpaired) electrons. The molecule has 9 nitrogen and oxygen atoms in total. The van der Waals surface area contributed by atoms with Crippen LogP contribution in [0.4, 0.5) is 5.69 Å². The predicted molar refractivity (Wildman–Crippen MR) is 78.2 cm³/mol. The zero-order valence-corrected chi connectivity index (χ0v) is 11.9. The van der Waals surface area contributed by atoms with Crippen LogP contribution in [-0.4, -0.2) is 27.1 Å². The molecule has 1 aromatic carbocycles. The molecular formula is C14H13N3O6. The Morgan fingerprint density at radius 1 is 1.26 bits per heavy atom. The Morgan fingerprint density at radius 2 is 1.87 bits per heavy atom. The van der Waals surface area contributed by atoms with Crippen LogP contribution in [0.3, 0.4) is 0 Å². The van der Waals surface area contributed by atoms with Crippen LogP contribution in [0.25, 0.3) is 0 Å². The maximum atomic E-state index is 11.6. The van der Waals surface area contributed by atoms with E-state index in [0.29, 0.717) is 0 Å².